The van der Waals surface area contributed by atoms with Gasteiger partial charge in [0.2, 0.25) is 5.91 Å². The van der Waals surface area contributed by atoms with E-state index in [-0.39, 0.29) is 29.4 Å². The number of esters is 1. The van der Waals surface area contributed by atoms with Gasteiger partial charge >= 0.3 is 5.97 Å². The lowest BCUT2D eigenvalue weighted by Crippen LogP contribution is -2.14. The predicted molar refractivity (Wildman–Crippen MR) is 128 cm³/mol. The van der Waals surface area contributed by atoms with Crippen LogP contribution in [-0.2, 0) is 20.9 Å². The fourth-order valence-electron chi connectivity index (χ4n) is 2.96. The van der Waals surface area contributed by atoms with Crippen molar-refractivity contribution < 1.29 is 28.9 Å². The number of rotatable bonds is 8. The van der Waals surface area contributed by atoms with Gasteiger partial charge in [-0.3, -0.25) is 4.79 Å². The van der Waals surface area contributed by atoms with Crippen molar-refractivity contribution in [2.24, 2.45) is 4.99 Å². The van der Waals surface area contributed by atoms with Crippen LogP contribution in [0.5, 0.6) is 11.5 Å². The number of benzene rings is 2. The number of hydrogen-bond acceptors (Lipinski definition) is 7. The van der Waals surface area contributed by atoms with Gasteiger partial charge < -0.3 is 19.3 Å². The third kappa shape index (κ3) is 6.04. The second-order valence-corrected chi connectivity index (χ2v) is 7.93. The molecule has 172 valence electrons. The Morgan fingerprint density at radius 3 is 2.52 bits per heavy atom. The lowest BCUT2D eigenvalue weighted by molar-refractivity contribution is -0.138. The van der Waals surface area contributed by atoms with Crippen molar-refractivity contribution in [3.63, 3.8) is 0 Å². The van der Waals surface area contributed by atoms with Crippen LogP contribution in [0.3, 0.4) is 0 Å². The smallest absolute Gasteiger partial charge is 0.344 e. The fraction of sp³-hybridized carbons (Fsp3) is 0.240. The molecular formula is C25H25NO6S. The molecule has 0 aliphatic carbocycles. The monoisotopic (exact) mass is 467 g/mol. The van der Waals surface area contributed by atoms with Gasteiger partial charge in [0.15, 0.2) is 11.5 Å². The molecule has 2 aromatic rings. The van der Waals surface area contributed by atoms with Gasteiger partial charge in [-0.1, -0.05) is 55.1 Å². The number of aliphatic imine (C=N–C) groups is 1. The van der Waals surface area contributed by atoms with E-state index in [1.165, 1.54) is 0 Å². The van der Waals surface area contributed by atoms with E-state index in [4.69, 9.17) is 14.2 Å². The van der Waals surface area contributed by atoms with Gasteiger partial charge in [-0.05, 0) is 36.3 Å². The standard InChI is InChI=1S/C25H25NO6S/c1-4-21(27)26-24-22(25(29)31-5-2)23(28)20(33-24)14-17-11-12-18(19(13-17)30-3)32-15-16-9-7-6-8-10-16/h6-14,28H,4-5,15H2,1-3H3/b20-14-,26-24?. The van der Waals surface area contributed by atoms with Gasteiger partial charge in [0.25, 0.3) is 0 Å². The van der Waals surface area contributed by atoms with Crippen LogP contribution in [-0.4, -0.2) is 35.7 Å². The Balaban J connectivity index is 1.88. The Morgan fingerprint density at radius 2 is 1.85 bits per heavy atom. The van der Waals surface area contributed by atoms with Crippen molar-refractivity contribution in [2.45, 2.75) is 26.9 Å². The van der Waals surface area contributed by atoms with E-state index in [9.17, 15) is 14.7 Å². The number of carbonyl (C=O) groups is 2. The SMILES string of the molecule is CCOC(=O)C1=C(O)/C(=C/c2ccc(OCc3ccccc3)c(OC)c2)SC1=NC(=O)CC. The zero-order valence-corrected chi connectivity index (χ0v) is 19.5. The molecule has 7 nitrogen and oxygen atoms in total. The minimum Gasteiger partial charge on any atom is -0.506 e. The van der Waals surface area contributed by atoms with Gasteiger partial charge in [0, 0.05) is 6.42 Å². The summed E-state index contributed by atoms with van der Waals surface area (Å²) in [5, 5.41) is 10.8. The Kier molecular flexibility index (Phi) is 8.32. The van der Waals surface area contributed by atoms with Gasteiger partial charge in [-0.2, -0.15) is 0 Å². The fourth-order valence-corrected chi connectivity index (χ4v) is 4.00. The maximum absolute atomic E-state index is 12.4. The lowest BCUT2D eigenvalue weighted by Gasteiger charge is -2.11. The van der Waals surface area contributed by atoms with Crippen LogP contribution in [0.25, 0.3) is 6.08 Å². The van der Waals surface area contributed by atoms with Crippen LogP contribution in [0, 0.1) is 0 Å². The average molecular weight is 468 g/mol. The first-order valence-corrected chi connectivity index (χ1v) is 11.2. The first kappa shape index (κ1) is 24.1. The zero-order valence-electron chi connectivity index (χ0n) is 18.7. The normalized spacial score (nSPS) is 15.7. The number of amides is 1. The summed E-state index contributed by atoms with van der Waals surface area (Å²) in [7, 11) is 1.54. The van der Waals surface area contributed by atoms with E-state index in [2.05, 4.69) is 4.99 Å². The summed E-state index contributed by atoms with van der Waals surface area (Å²) >= 11 is 1.04. The molecule has 0 fully saturated rings. The molecule has 1 aliphatic rings. The van der Waals surface area contributed by atoms with Crippen LogP contribution in [0.15, 0.2) is 69.8 Å². The molecule has 0 saturated carbocycles. The maximum Gasteiger partial charge on any atom is 0.344 e. The molecular weight excluding hydrogens is 442 g/mol. The van der Waals surface area contributed by atoms with Crippen LogP contribution >= 0.6 is 11.8 Å². The van der Waals surface area contributed by atoms with Crippen molar-refractivity contribution in [3.05, 3.63) is 75.9 Å². The number of aliphatic hydroxyl groups excluding tert-OH is 1. The van der Waals surface area contributed by atoms with Crippen molar-refractivity contribution >= 4 is 34.8 Å². The molecule has 0 aromatic heterocycles. The molecule has 1 N–H and O–H groups in total. The van der Waals surface area contributed by atoms with Gasteiger partial charge in [0.1, 0.15) is 23.0 Å². The van der Waals surface area contributed by atoms with E-state index >= 15 is 0 Å². The molecule has 3 rings (SSSR count). The number of aliphatic hydroxyl groups is 1. The molecule has 0 unspecified atom stereocenters. The van der Waals surface area contributed by atoms with E-state index < -0.39 is 11.9 Å². The first-order valence-electron chi connectivity index (χ1n) is 10.4. The van der Waals surface area contributed by atoms with Crippen molar-refractivity contribution in [2.75, 3.05) is 13.7 Å². The first-order chi connectivity index (χ1) is 16.0. The van der Waals surface area contributed by atoms with Crippen LogP contribution < -0.4 is 9.47 Å². The molecule has 0 saturated heterocycles. The molecule has 0 atom stereocenters. The summed E-state index contributed by atoms with van der Waals surface area (Å²) in [6.07, 6.45) is 1.86. The Hall–Kier alpha value is -3.52. The molecule has 0 radical (unpaired) electrons. The topological polar surface area (TPSA) is 94.4 Å². The minimum absolute atomic E-state index is 0.107. The van der Waals surface area contributed by atoms with E-state index in [1.54, 1.807) is 45.2 Å². The van der Waals surface area contributed by atoms with Gasteiger partial charge in [-0.15, -0.1) is 0 Å². The van der Waals surface area contributed by atoms with Crippen molar-refractivity contribution in [3.8, 4) is 11.5 Å². The molecule has 2 aromatic carbocycles. The number of methoxy groups -OCH3 is 1. The summed E-state index contributed by atoms with van der Waals surface area (Å²) in [5.41, 5.74) is 1.63. The Morgan fingerprint density at radius 1 is 1.09 bits per heavy atom. The highest BCUT2D eigenvalue weighted by molar-refractivity contribution is 8.18. The van der Waals surface area contributed by atoms with Crippen LogP contribution in [0.4, 0.5) is 0 Å². The van der Waals surface area contributed by atoms with E-state index in [1.807, 2.05) is 30.3 Å². The van der Waals surface area contributed by atoms with Gasteiger partial charge in [0.05, 0.1) is 18.6 Å². The summed E-state index contributed by atoms with van der Waals surface area (Å²) in [6.45, 7) is 3.86. The summed E-state index contributed by atoms with van der Waals surface area (Å²) in [4.78, 5) is 28.5. The van der Waals surface area contributed by atoms with Crippen LogP contribution in [0.1, 0.15) is 31.4 Å². The second-order valence-electron chi connectivity index (χ2n) is 6.90. The Bertz CT molecular complexity index is 1120. The third-order valence-electron chi connectivity index (χ3n) is 4.62. The molecule has 1 amide bonds. The lowest BCUT2D eigenvalue weighted by atomic mass is 10.1. The number of thioether (sulfide) groups is 1. The summed E-state index contributed by atoms with van der Waals surface area (Å²) < 4.78 is 16.4. The second kappa shape index (κ2) is 11.4. The van der Waals surface area contributed by atoms with Crippen LogP contribution in [0.2, 0.25) is 0 Å². The number of carbonyl (C=O) groups excluding carboxylic acids is 2. The average Bonchev–Trinajstić information content (AvgIpc) is 3.13. The van der Waals surface area contributed by atoms with Crippen molar-refractivity contribution in [1.82, 2.24) is 0 Å². The minimum atomic E-state index is -0.726. The highest BCUT2D eigenvalue weighted by Gasteiger charge is 2.33. The predicted octanol–water partition coefficient (Wildman–Crippen LogP) is 5.07. The third-order valence-corrected chi connectivity index (χ3v) is 5.64. The number of hydrogen-bond donors (Lipinski definition) is 1. The summed E-state index contributed by atoms with van der Waals surface area (Å²) in [5.74, 6) is -0.298. The molecule has 33 heavy (non-hydrogen) atoms. The number of ether oxygens (including phenoxy) is 3. The number of nitrogens with zero attached hydrogens (tertiary/aromatic N) is 1. The highest BCUT2D eigenvalue weighted by atomic mass is 32.2. The van der Waals surface area contributed by atoms with E-state index in [0.717, 1.165) is 17.3 Å². The molecule has 1 aliphatic heterocycles. The summed E-state index contributed by atoms with van der Waals surface area (Å²) in [6, 6.07) is 15.1. The van der Waals surface area contributed by atoms with E-state index in [0.29, 0.717) is 28.6 Å². The maximum atomic E-state index is 12.4. The Labute approximate surface area is 196 Å². The molecule has 8 heteroatoms. The van der Waals surface area contributed by atoms with Gasteiger partial charge in [-0.25, -0.2) is 9.79 Å². The zero-order chi connectivity index (χ0) is 23.8. The molecule has 0 spiro atoms. The quantitative estimate of drug-likeness (QED) is 0.542. The molecule has 1 heterocycles. The largest absolute Gasteiger partial charge is 0.506 e. The van der Waals surface area contributed by atoms with Crippen molar-refractivity contribution in [1.29, 1.82) is 0 Å². The molecule has 0 bridgehead atoms. The highest BCUT2D eigenvalue weighted by Crippen LogP contribution is 2.40.